The van der Waals surface area contributed by atoms with Crippen molar-refractivity contribution in [3.63, 3.8) is 0 Å². The molecule has 0 saturated heterocycles. The quantitative estimate of drug-likeness (QED) is 0.740. The summed E-state index contributed by atoms with van der Waals surface area (Å²) >= 11 is 0. The normalized spacial score (nSPS) is 27.9. The van der Waals surface area contributed by atoms with Crippen LogP contribution in [0.2, 0.25) is 0 Å². The summed E-state index contributed by atoms with van der Waals surface area (Å²) in [6.45, 7) is 6.95. The van der Waals surface area contributed by atoms with Crippen molar-refractivity contribution < 1.29 is 23.2 Å². The van der Waals surface area contributed by atoms with Crippen LogP contribution >= 0.6 is 0 Å². The Balaban J connectivity index is 1.79. The van der Waals surface area contributed by atoms with E-state index in [0.29, 0.717) is 6.42 Å². The molecule has 2 N–H and O–H groups in total. The molecule has 0 aromatic rings. The van der Waals surface area contributed by atoms with Gasteiger partial charge >= 0.3 is 0 Å². The molecule has 2 unspecified atom stereocenters. The van der Waals surface area contributed by atoms with Crippen LogP contribution in [0.3, 0.4) is 0 Å². The molecule has 2 atom stereocenters. The molecule has 1 aliphatic heterocycles. The fourth-order valence-electron chi connectivity index (χ4n) is 2.95. The number of hydrogen-bond donors (Lipinski definition) is 2. The van der Waals surface area contributed by atoms with Crippen molar-refractivity contribution in [2.75, 3.05) is 6.54 Å². The molecule has 2 amide bonds. The maximum atomic E-state index is 13.4. The minimum atomic E-state index is -2.93. The van der Waals surface area contributed by atoms with E-state index in [1.54, 1.807) is 20.8 Å². The Labute approximate surface area is 140 Å². The fourth-order valence-corrected chi connectivity index (χ4v) is 2.95. The van der Waals surface area contributed by atoms with E-state index >= 15 is 0 Å². The largest absolute Gasteiger partial charge is 0.392 e. The van der Waals surface area contributed by atoms with Crippen LogP contribution in [0.1, 0.15) is 53.4 Å². The molecule has 2 rings (SSSR count). The number of alkyl halides is 2. The molecule has 136 valence electrons. The van der Waals surface area contributed by atoms with Crippen molar-refractivity contribution in [2.45, 2.75) is 70.9 Å². The van der Waals surface area contributed by atoms with E-state index in [2.05, 4.69) is 15.8 Å². The average Bonchev–Trinajstić information content (AvgIpc) is 2.81. The Bertz CT molecular complexity index is 563. The first kappa shape index (κ1) is 18.6. The van der Waals surface area contributed by atoms with E-state index in [4.69, 9.17) is 4.84 Å². The molecule has 1 heterocycles. The number of carbonyl (C=O) groups excluding carboxylic acids is 2. The van der Waals surface area contributed by atoms with E-state index in [9.17, 15) is 18.4 Å². The van der Waals surface area contributed by atoms with E-state index in [1.807, 2.05) is 6.92 Å². The third-order valence-corrected chi connectivity index (χ3v) is 4.60. The van der Waals surface area contributed by atoms with Crippen molar-refractivity contribution in [3.8, 4) is 0 Å². The summed E-state index contributed by atoms with van der Waals surface area (Å²) in [4.78, 5) is 29.3. The lowest BCUT2D eigenvalue weighted by Gasteiger charge is -2.28. The first-order valence-electron chi connectivity index (χ1n) is 8.18. The van der Waals surface area contributed by atoms with E-state index in [0.717, 1.165) is 5.71 Å². The van der Waals surface area contributed by atoms with Gasteiger partial charge in [0.05, 0.1) is 17.7 Å². The fraction of sp³-hybridized carbons (Fsp3) is 0.812. The van der Waals surface area contributed by atoms with Crippen LogP contribution in [0, 0.1) is 5.41 Å². The Morgan fingerprint density at radius 3 is 2.50 bits per heavy atom. The van der Waals surface area contributed by atoms with E-state index in [1.165, 1.54) is 0 Å². The highest BCUT2D eigenvalue weighted by Crippen LogP contribution is 2.62. The Kier molecular flexibility index (Phi) is 4.88. The number of rotatable bonds is 7. The minimum Gasteiger partial charge on any atom is -0.392 e. The predicted octanol–water partition coefficient (Wildman–Crippen LogP) is 1.99. The van der Waals surface area contributed by atoms with Crippen LogP contribution in [0.25, 0.3) is 0 Å². The molecule has 0 spiro atoms. The average molecular weight is 345 g/mol. The zero-order chi connectivity index (χ0) is 18.2. The lowest BCUT2D eigenvalue weighted by Crippen LogP contribution is -2.53. The summed E-state index contributed by atoms with van der Waals surface area (Å²) in [6, 6.07) is 0. The van der Waals surface area contributed by atoms with E-state index in [-0.39, 0.29) is 31.4 Å². The van der Waals surface area contributed by atoms with Gasteiger partial charge in [-0.3, -0.25) is 9.59 Å². The third-order valence-electron chi connectivity index (χ3n) is 4.60. The van der Waals surface area contributed by atoms with Gasteiger partial charge in [-0.1, -0.05) is 12.1 Å². The van der Waals surface area contributed by atoms with Crippen LogP contribution in [0.4, 0.5) is 8.78 Å². The predicted molar refractivity (Wildman–Crippen MR) is 84.7 cm³/mol. The molecule has 0 bridgehead atoms. The molecule has 1 aliphatic carbocycles. The number of hydrogen-bond acceptors (Lipinski definition) is 4. The molecule has 24 heavy (non-hydrogen) atoms. The topological polar surface area (TPSA) is 79.8 Å². The Hall–Kier alpha value is -1.73. The second kappa shape index (κ2) is 6.29. The highest BCUT2D eigenvalue weighted by Gasteiger charge is 2.74. The molecule has 8 heteroatoms. The van der Waals surface area contributed by atoms with Gasteiger partial charge in [-0.25, -0.2) is 8.78 Å². The van der Waals surface area contributed by atoms with Gasteiger partial charge in [-0.15, -0.1) is 0 Å². The number of oxime groups is 1. The Morgan fingerprint density at radius 2 is 2.04 bits per heavy atom. The van der Waals surface area contributed by atoms with Crippen LogP contribution in [0.15, 0.2) is 5.16 Å². The molecule has 1 saturated carbocycles. The maximum absolute atomic E-state index is 13.4. The molecular weight excluding hydrogens is 320 g/mol. The lowest BCUT2D eigenvalue weighted by atomic mass is 10.00. The zero-order valence-corrected chi connectivity index (χ0v) is 14.5. The SMILES string of the molecule is CCC1(C(=O)NCC(C)(C)NC(=O)CC2CC(C)=NO2)CC1(F)F. The van der Waals surface area contributed by atoms with Crippen molar-refractivity contribution in [2.24, 2.45) is 10.6 Å². The van der Waals surface area contributed by atoms with Gasteiger partial charge in [0.1, 0.15) is 11.5 Å². The van der Waals surface area contributed by atoms with Gasteiger partial charge < -0.3 is 15.5 Å². The van der Waals surface area contributed by atoms with Crippen molar-refractivity contribution >= 4 is 17.5 Å². The third kappa shape index (κ3) is 3.84. The molecule has 1 fully saturated rings. The first-order chi connectivity index (χ1) is 11.0. The molecule has 2 aliphatic rings. The first-order valence-corrected chi connectivity index (χ1v) is 8.18. The molecule has 6 nitrogen and oxygen atoms in total. The summed E-state index contributed by atoms with van der Waals surface area (Å²) in [7, 11) is 0. The zero-order valence-electron chi connectivity index (χ0n) is 14.5. The Morgan fingerprint density at radius 1 is 1.42 bits per heavy atom. The number of nitrogens with one attached hydrogen (secondary N) is 2. The van der Waals surface area contributed by atoms with E-state index < -0.39 is 29.2 Å². The number of carbonyl (C=O) groups is 2. The number of nitrogens with zero attached hydrogens (tertiary/aromatic N) is 1. The van der Waals surface area contributed by atoms with Crippen molar-refractivity contribution in [1.82, 2.24) is 10.6 Å². The van der Waals surface area contributed by atoms with Gasteiger partial charge in [-0.2, -0.15) is 0 Å². The van der Waals surface area contributed by atoms with Gasteiger partial charge in [0, 0.05) is 19.4 Å². The van der Waals surface area contributed by atoms with Crippen LogP contribution in [-0.4, -0.2) is 41.6 Å². The van der Waals surface area contributed by atoms with Gasteiger partial charge in [0.2, 0.25) is 11.8 Å². The summed E-state index contributed by atoms with van der Waals surface area (Å²) in [5, 5.41) is 9.13. The van der Waals surface area contributed by atoms with Crippen LogP contribution < -0.4 is 10.6 Å². The summed E-state index contributed by atoms with van der Waals surface area (Å²) in [6.07, 6.45) is 0.183. The van der Waals surface area contributed by atoms with Gasteiger partial charge in [0.25, 0.3) is 5.92 Å². The highest BCUT2D eigenvalue weighted by molar-refractivity contribution is 5.87. The molecule has 0 radical (unpaired) electrons. The van der Waals surface area contributed by atoms with Crippen LogP contribution in [0.5, 0.6) is 0 Å². The van der Waals surface area contributed by atoms with Gasteiger partial charge in [0.15, 0.2) is 0 Å². The summed E-state index contributed by atoms with van der Waals surface area (Å²) in [5.74, 6) is -3.82. The molecule has 0 aromatic heterocycles. The summed E-state index contributed by atoms with van der Waals surface area (Å²) < 4.78 is 26.9. The number of halogens is 2. The maximum Gasteiger partial charge on any atom is 0.263 e. The van der Waals surface area contributed by atoms with Gasteiger partial charge in [-0.05, 0) is 27.2 Å². The molecule has 0 aromatic carbocycles. The second-order valence-corrected chi connectivity index (χ2v) is 7.39. The number of amides is 2. The monoisotopic (exact) mass is 345 g/mol. The smallest absolute Gasteiger partial charge is 0.263 e. The summed E-state index contributed by atoms with van der Waals surface area (Å²) in [5.41, 5.74) is -1.49. The minimum absolute atomic E-state index is 0.0798. The lowest BCUT2D eigenvalue weighted by molar-refractivity contribution is -0.131. The standard InChI is InChI=1S/C16H25F2N3O3/c1-5-15(8-16(15,17)18)13(23)19-9-14(3,4)20-12(22)7-11-6-10(2)21-24-11/h11H,5-9H2,1-4H3,(H,19,23)(H,20,22). The van der Waals surface area contributed by atoms with Crippen LogP contribution in [-0.2, 0) is 14.4 Å². The molecular formula is C16H25F2N3O3. The highest BCUT2D eigenvalue weighted by atomic mass is 19.3. The second-order valence-electron chi connectivity index (χ2n) is 7.39. The van der Waals surface area contributed by atoms with Crippen molar-refractivity contribution in [1.29, 1.82) is 0 Å². The van der Waals surface area contributed by atoms with Crippen molar-refractivity contribution in [3.05, 3.63) is 0 Å².